The molecular formula is C44H28O. The zero-order valence-corrected chi connectivity index (χ0v) is 24.6. The fourth-order valence-electron chi connectivity index (χ4n) is 7.01. The third-order valence-corrected chi connectivity index (χ3v) is 9.06. The van der Waals surface area contributed by atoms with Gasteiger partial charge in [-0.25, -0.2) is 0 Å². The maximum Gasteiger partial charge on any atom is 0.143 e. The zero-order valence-electron chi connectivity index (χ0n) is 24.6. The molecule has 1 heterocycles. The van der Waals surface area contributed by atoms with E-state index in [4.69, 9.17) is 4.42 Å². The second kappa shape index (κ2) is 10.4. The second-order valence-corrected chi connectivity index (χ2v) is 11.6. The molecule has 0 bridgehead atoms. The molecule has 0 spiro atoms. The highest BCUT2D eigenvalue weighted by Gasteiger charge is 2.20. The van der Waals surface area contributed by atoms with Crippen LogP contribution in [0.25, 0.3) is 88.0 Å². The third kappa shape index (κ3) is 4.17. The molecule has 0 aliphatic heterocycles. The van der Waals surface area contributed by atoms with Gasteiger partial charge in [-0.3, -0.25) is 0 Å². The molecule has 45 heavy (non-hydrogen) atoms. The highest BCUT2D eigenvalue weighted by Crippen LogP contribution is 2.46. The predicted octanol–water partition coefficient (Wildman–Crippen LogP) is 12.6. The Morgan fingerprint density at radius 1 is 0.289 bits per heavy atom. The van der Waals surface area contributed by atoms with Crippen molar-refractivity contribution in [1.29, 1.82) is 0 Å². The van der Waals surface area contributed by atoms with Gasteiger partial charge in [0.15, 0.2) is 0 Å². The van der Waals surface area contributed by atoms with Gasteiger partial charge in [0, 0.05) is 16.3 Å². The fraction of sp³-hybridized carbons (Fsp3) is 0. The summed E-state index contributed by atoms with van der Waals surface area (Å²) in [6.07, 6.45) is 0. The molecule has 9 rings (SSSR count). The largest absolute Gasteiger partial charge is 0.455 e. The molecule has 0 aliphatic rings. The topological polar surface area (TPSA) is 13.1 Å². The van der Waals surface area contributed by atoms with Crippen molar-refractivity contribution in [2.24, 2.45) is 0 Å². The van der Waals surface area contributed by atoms with E-state index in [-0.39, 0.29) is 0 Å². The lowest BCUT2D eigenvalue weighted by Gasteiger charge is -2.18. The van der Waals surface area contributed by atoms with Crippen molar-refractivity contribution in [1.82, 2.24) is 0 Å². The average Bonchev–Trinajstić information content (AvgIpc) is 3.49. The number of hydrogen-bond acceptors (Lipinski definition) is 1. The molecule has 0 N–H and O–H groups in total. The summed E-state index contributed by atoms with van der Waals surface area (Å²) in [7, 11) is 0. The maximum atomic E-state index is 6.60. The molecule has 0 saturated heterocycles. The first-order chi connectivity index (χ1) is 22.3. The molecular weight excluding hydrogens is 544 g/mol. The Morgan fingerprint density at radius 3 is 1.33 bits per heavy atom. The van der Waals surface area contributed by atoms with Crippen molar-refractivity contribution >= 4 is 43.5 Å². The molecule has 1 nitrogen and oxygen atoms in total. The number of benzene rings is 8. The molecule has 8 aromatic carbocycles. The lowest BCUT2D eigenvalue weighted by atomic mass is 9.85. The van der Waals surface area contributed by atoms with Crippen molar-refractivity contribution in [2.75, 3.05) is 0 Å². The number of para-hydroxylation sites is 1. The third-order valence-electron chi connectivity index (χ3n) is 9.06. The van der Waals surface area contributed by atoms with E-state index in [1.807, 2.05) is 6.07 Å². The Bertz CT molecular complexity index is 2450. The summed E-state index contributed by atoms with van der Waals surface area (Å²) in [5, 5.41) is 7.25. The van der Waals surface area contributed by atoms with Crippen molar-refractivity contribution in [3.05, 3.63) is 170 Å². The van der Waals surface area contributed by atoms with Gasteiger partial charge in [-0.1, -0.05) is 152 Å². The van der Waals surface area contributed by atoms with E-state index in [2.05, 4.69) is 164 Å². The Morgan fingerprint density at radius 2 is 0.733 bits per heavy atom. The van der Waals surface area contributed by atoms with Crippen molar-refractivity contribution in [3.63, 3.8) is 0 Å². The van der Waals surface area contributed by atoms with Crippen LogP contribution in [-0.4, -0.2) is 0 Å². The molecule has 1 aromatic heterocycles. The predicted molar refractivity (Wildman–Crippen MR) is 190 cm³/mol. The lowest BCUT2D eigenvalue weighted by Crippen LogP contribution is -1.91. The first-order valence-corrected chi connectivity index (χ1v) is 15.4. The Kier molecular flexibility index (Phi) is 5.89. The number of hydrogen-bond donors (Lipinski definition) is 0. The van der Waals surface area contributed by atoms with E-state index in [1.165, 1.54) is 54.9 Å². The van der Waals surface area contributed by atoms with Gasteiger partial charge in [-0.15, -0.1) is 0 Å². The SMILES string of the molecule is c1ccc(-c2ccc(-c3cc(-c4c5ccccc5c(-c5ccccc5)c5ccccc45)cc4c3oc3ccccc34)cc2)cc1. The van der Waals surface area contributed by atoms with Gasteiger partial charge in [-0.2, -0.15) is 0 Å². The van der Waals surface area contributed by atoms with Crippen LogP contribution in [-0.2, 0) is 0 Å². The van der Waals surface area contributed by atoms with E-state index in [9.17, 15) is 0 Å². The Hall–Kier alpha value is -5.92. The minimum Gasteiger partial charge on any atom is -0.455 e. The molecule has 0 saturated carbocycles. The van der Waals surface area contributed by atoms with E-state index >= 15 is 0 Å². The van der Waals surface area contributed by atoms with Crippen LogP contribution in [0.1, 0.15) is 0 Å². The summed E-state index contributed by atoms with van der Waals surface area (Å²) in [5.41, 5.74) is 11.4. The smallest absolute Gasteiger partial charge is 0.143 e. The van der Waals surface area contributed by atoms with Gasteiger partial charge >= 0.3 is 0 Å². The maximum absolute atomic E-state index is 6.60. The number of furan rings is 1. The molecule has 0 amide bonds. The van der Waals surface area contributed by atoms with E-state index in [1.54, 1.807) is 0 Å². The minimum absolute atomic E-state index is 0.904. The lowest BCUT2D eigenvalue weighted by molar-refractivity contribution is 0.670. The van der Waals surface area contributed by atoms with Crippen molar-refractivity contribution in [3.8, 4) is 44.5 Å². The first-order valence-electron chi connectivity index (χ1n) is 15.4. The van der Waals surface area contributed by atoms with Crippen LogP contribution in [0.3, 0.4) is 0 Å². The van der Waals surface area contributed by atoms with Crippen LogP contribution in [0.4, 0.5) is 0 Å². The summed E-state index contributed by atoms with van der Waals surface area (Å²) in [4.78, 5) is 0. The van der Waals surface area contributed by atoms with Crippen LogP contribution < -0.4 is 0 Å². The fourth-order valence-corrected chi connectivity index (χ4v) is 7.01. The number of rotatable bonds is 4. The molecule has 0 atom stereocenters. The van der Waals surface area contributed by atoms with Gasteiger partial charge in [0.05, 0.1) is 0 Å². The summed E-state index contributed by atoms with van der Waals surface area (Å²) in [6.45, 7) is 0. The van der Waals surface area contributed by atoms with E-state index in [0.717, 1.165) is 33.1 Å². The zero-order chi connectivity index (χ0) is 29.7. The first kappa shape index (κ1) is 25.6. The van der Waals surface area contributed by atoms with Gasteiger partial charge in [0.1, 0.15) is 11.2 Å². The summed E-state index contributed by atoms with van der Waals surface area (Å²) >= 11 is 0. The highest BCUT2D eigenvalue weighted by atomic mass is 16.3. The van der Waals surface area contributed by atoms with Crippen molar-refractivity contribution in [2.45, 2.75) is 0 Å². The van der Waals surface area contributed by atoms with Crippen LogP contribution in [0, 0.1) is 0 Å². The highest BCUT2D eigenvalue weighted by molar-refractivity contribution is 6.22. The molecule has 0 aliphatic carbocycles. The second-order valence-electron chi connectivity index (χ2n) is 11.6. The van der Waals surface area contributed by atoms with Crippen LogP contribution in [0.2, 0.25) is 0 Å². The molecule has 0 unspecified atom stereocenters. The average molecular weight is 573 g/mol. The van der Waals surface area contributed by atoms with Gasteiger partial charge in [0.25, 0.3) is 0 Å². The van der Waals surface area contributed by atoms with E-state index < -0.39 is 0 Å². The summed E-state index contributed by atoms with van der Waals surface area (Å²) in [5.74, 6) is 0. The number of fused-ring (bicyclic) bond motifs is 5. The van der Waals surface area contributed by atoms with Crippen LogP contribution in [0.15, 0.2) is 174 Å². The molecule has 1 heteroatoms. The Balaban J connectivity index is 1.36. The van der Waals surface area contributed by atoms with Crippen LogP contribution in [0.5, 0.6) is 0 Å². The van der Waals surface area contributed by atoms with Crippen LogP contribution >= 0.6 is 0 Å². The molecule has 9 aromatic rings. The Labute approximate surface area is 261 Å². The normalized spacial score (nSPS) is 11.6. The quantitative estimate of drug-likeness (QED) is 0.191. The standard InChI is InChI=1S/C44H28O/c1-3-13-29(14-4-1)30-23-25-31(26-24-30)39-27-33(28-40-34-17-11-12-22-41(34)45-44(39)40)43-37-20-9-7-18-35(37)42(32-15-5-2-6-16-32)36-19-8-10-21-38(36)43/h1-28H. The molecule has 0 radical (unpaired) electrons. The molecule has 0 fully saturated rings. The van der Waals surface area contributed by atoms with Gasteiger partial charge in [-0.05, 0) is 78.7 Å². The van der Waals surface area contributed by atoms with Gasteiger partial charge in [0.2, 0.25) is 0 Å². The summed E-state index contributed by atoms with van der Waals surface area (Å²) < 4.78 is 6.60. The van der Waals surface area contributed by atoms with Crippen molar-refractivity contribution < 1.29 is 4.42 Å². The molecule has 210 valence electrons. The summed E-state index contributed by atoms with van der Waals surface area (Å²) in [6, 6.07) is 60.9. The van der Waals surface area contributed by atoms with E-state index in [0.29, 0.717) is 0 Å². The van der Waals surface area contributed by atoms with Gasteiger partial charge < -0.3 is 4.42 Å². The monoisotopic (exact) mass is 572 g/mol. The minimum atomic E-state index is 0.904.